The van der Waals surface area contributed by atoms with Crippen molar-refractivity contribution in [2.24, 2.45) is 5.92 Å². The van der Waals surface area contributed by atoms with E-state index in [1.165, 1.54) is 13.2 Å². The van der Waals surface area contributed by atoms with Gasteiger partial charge in [-0.05, 0) is 17.4 Å². The maximum atomic E-state index is 12.2. The normalized spacial score (nSPS) is 12.8. The van der Waals surface area contributed by atoms with Gasteiger partial charge in [0.05, 0.1) is 6.61 Å². The van der Waals surface area contributed by atoms with Crippen LogP contribution in [-0.2, 0) is 29.1 Å². The molecule has 0 fully saturated rings. The molecule has 1 atom stereocenters. The fourth-order valence-corrected chi connectivity index (χ4v) is 4.01. The largest absolute Gasteiger partial charge is 0.454 e. The van der Waals surface area contributed by atoms with E-state index in [0.717, 1.165) is 11.3 Å². The molecule has 0 bridgehead atoms. The lowest BCUT2D eigenvalue weighted by atomic mass is 10.1. The molecule has 0 saturated carbocycles. The van der Waals surface area contributed by atoms with Crippen molar-refractivity contribution >= 4 is 33.2 Å². The van der Waals surface area contributed by atoms with Gasteiger partial charge in [0.15, 0.2) is 6.61 Å². The van der Waals surface area contributed by atoms with Crippen LogP contribution in [0.2, 0.25) is 0 Å². The molecule has 0 aliphatic heterocycles. The van der Waals surface area contributed by atoms with Crippen LogP contribution >= 0.6 is 11.3 Å². The molecule has 10 heteroatoms. The number of nitrogens with one attached hydrogen (secondary N) is 2. The summed E-state index contributed by atoms with van der Waals surface area (Å²) in [5, 5.41) is 4.13. The first-order chi connectivity index (χ1) is 11.3. The van der Waals surface area contributed by atoms with Crippen LogP contribution in [0.4, 0.5) is 0 Å². The minimum absolute atomic E-state index is 0.109. The number of carbonyl (C=O) groups excluding carboxylic acids is 2. The highest BCUT2D eigenvalue weighted by Gasteiger charge is 2.30. The van der Waals surface area contributed by atoms with Gasteiger partial charge < -0.3 is 14.8 Å². The summed E-state index contributed by atoms with van der Waals surface area (Å²) in [6.45, 7) is 3.52. The predicted molar refractivity (Wildman–Crippen MR) is 89.1 cm³/mol. The summed E-state index contributed by atoms with van der Waals surface area (Å²) in [6, 6.07) is 1.97. The number of sulfonamides is 1. The Hall–Kier alpha value is -1.49. The van der Waals surface area contributed by atoms with Crippen LogP contribution in [0.25, 0.3) is 0 Å². The molecule has 8 nitrogen and oxygen atoms in total. The average molecular weight is 378 g/mol. The number of methoxy groups -OCH3 is 1. The first kappa shape index (κ1) is 20.6. The van der Waals surface area contributed by atoms with Crippen LogP contribution in [0.15, 0.2) is 21.7 Å². The first-order valence-corrected chi connectivity index (χ1v) is 9.62. The Kier molecular flexibility index (Phi) is 8.32. The van der Waals surface area contributed by atoms with Gasteiger partial charge in [-0.3, -0.25) is 9.59 Å². The summed E-state index contributed by atoms with van der Waals surface area (Å²) in [6.07, 6.45) is 0. The van der Waals surface area contributed by atoms with Gasteiger partial charge in [-0.2, -0.15) is 4.72 Å². The van der Waals surface area contributed by atoms with Gasteiger partial charge in [0.25, 0.3) is 15.9 Å². The molecule has 0 unspecified atom stereocenters. The van der Waals surface area contributed by atoms with Crippen molar-refractivity contribution in [1.82, 2.24) is 10.0 Å². The summed E-state index contributed by atoms with van der Waals surface area (Å²) >= 11 is 1.05. The van der Waals surface area contributed by atoms with Gasteiger partial charge in [0, 0.05) is 13.7 Å². The maximum absolute atomic E-state index is 12.2. The van der Waals surface area contributed by atoms with Gasteiger partial charge in [0.1, 0.15) is 10.3 Å². The Bertz CT molecular complexity index is 628. The van der Waals surface area contributed by atoms with Gasteiger partial charge in [-0.25, -0.2) is 8.42 Å². The molecule has 0 aliphatic carbocycles. The van der Waals surface area contributed by atoms with Gasteiger partial charge in [-0.15, -0.1) is 11.3 Å². The SMILES string of the molecule is COCCNC(=O)COC(=O)[C@H](NS(=O)(=O)c1cccs1)C(C)C. The van der Waals surface area contributed by atoms with Crippen LogP contribution in [-0.4, -0.2) is 53.2 Å². The lowest BCUT2D eigenvalue weighted by molar-refractivity contribution is -0.151. The van der Waals surface area contributed by atoms with Gasteiger partial charge in [-0.1, -0.05) is 19.9 Å². The molecule has 1 amide bonds. The van der Waals surface area contributed by atoms with Crippen molar-refractivity contribution in [3.05, 3.63) is 17.5 Å². The molecule has 1 heterocycles. The number of carbonyl (C=O) groups is 2. The van der Waals surface area contributed by atoms with Crippen LogP contribution in [0.5, 0.6) is 0 Å². The van der Waals surface area contributed by atoms with E-state index in [0.29, 0.717) is 13.2 Å². The van der Waals surface area contributed by atoms with Crippen LogP contribution in [0.3, 0.4) is 0 Å². The Labute approximate surface area is 145 Å². The molecular weight excluding hydrogens is 356 g/mol. The van der Waals surface area contributed by atoms with E-state index in [1.54, 1.807) is 25.3 Å². The number of thiophene rings is 1. The van der Waals surface area contributed by atoms with E-state index < -0.39 is 34.5 Å². The first-order valence-electron chi connectivity index (χ1n) is 7.26. The van der Waals surface area contributed by atoms with Crippen LogP contribution in [0.1, 0.15) is 13.8 Å². The van der Waals surface area contributed by atoms with Crippen molar-refractivity contribution < 1.29 is 27.5 Å². The number of hydrogen-bond donors (Lipinski definition) is 2. The van der Waals surface area contributed by atoms with E-state index in [2.05, 4.69) is 10.0 Å². The zero-order valence-electron chi connectivity index (χ0n) is 13.8. The molecule has 1 rings (SSSR count). The summed E-state index contributed by atoms with van der Waals surface area (Å²) in [5.74, 6) is -1.63. The molecule has 0 aromatic carbocycles. The Morgan fingerprint density at radius 1 is 1.33 bits per heavy atom. The van der Waals surface area contributed by atoms with E-state index in [-0.39, 0.29) is 10.1 Å². The Morgan fingerprint density at radius 2 is 2.04 bits per heavy atom. The van der Waals surface area contributed by atoms with Crippen LogP contribution < -0.4 is 10.0 Å². The highest BCUT2D eigenvalue weighted by Crippen LogP contribution is 2.17. The molecule has 0 radical (unpaired) electrons. The zero-order chi connectivity index (χ0) is 18.2. The molecule has 24 heavy (non-hydrogen) atoms. The number of ether oxygens (including phenoxy) is 2. The number of rotatable bonds is 10. The summed E-state index contributed by atoms with van der Waals surface area (Å²) in [5.41, 5.74) is 0. The van der Waals surface area contributed by atoms with E-state index in [4.69, 9.17) is 9.47 Å². The lowest BCUT2D eigenvalue weighted by Gasteiger charge is -2.20. The fourth-order valence-electron chi connectivity index (χ4n) is 1.67. The van der Waals surface area contributed by atoms with Gasteiger partial charge in [0.2, 0.25) is 0 Å². The molecule has 0 spiro atoms. The van der Waals surface area contributed by atoms with Crippen molar-refractivity contribution in [3.63, 3.8) is 0 Å². The van der Waals surface area contributed by atoms with Crippen molar-refractivity contribution in [1.29, 1.82) is 0 Å². The summed E-state index contributed by atoms with van der Waals surface area (Å²) in [4.78, 5) is 23.6. The highest BCUT2D eigenvalue weighted by molar-refractivity contribution is 7.91. The molecule has 1 aromatic heterocycles. The topological polar surface area (TPSA) is 111 Å². The fraction of sp³-hybridized carbons (Fsp3) is 0.571. The molecule has 1 aromatic rings. The van der Waals surface area contributed by atoms with E-state index in [9.17, 15) is 18.0 Å². The number of hydrogen-bond acceptors (Lipinski definition) is 7. The summed E-state index contributed by atoms with van der Waals surface area (Å²) < 4.78 is 36.6. The average Bonchev–Trinajstić information content (AvgIpc) is 3.05. The Morgan fingerprint density at radius 3 is 2.58 bits per heavy atom. The second-order valence-corrected chi connectivity index (χ2v) is 8.11. The third kappa shape index (κ3) is 6.56. The standard InChI is InChI=1S/C14H22N2O6S2/c1-10(2)13(16-24(19,20)12-5-4-8-23-12)14(18)22-9-11(17)15-6-7-21-3/h4-5,8,10,13,16H,6-7,9H2,1-3H3,(H,15,17)/t13-/m1/s1. The molecule has 0 aliphatic rings. The van der Waals surface area contributed by atoms with Crippen molar-refractivity contribution in [2.45, 2.75) is 24.1 Å². The second kappa shape index (κ2) is 9.72. The minimum Gasteiger partial charge on any atom is -0.454 e. The van der Waals surface area contributed by atoms with E-state index >= 15 is 0 Å². The quantitative estimate of drug-likeness (QED) is 0.449. The predicted octanol–water partition coefficient (Wildman–Crippen LogP) is 0.357. The summed E-state index contributed by atoms with van der Waals surface area (Å²) in [7, 11) is -2.31. The lowest BCUT2D eigenvalue weighted by Crippen LogP contribution is -2.46. The smallest absolute Gasteiger partial charge is 0.324 e. The van der Waals surface area contributed by atoms with Crippen molar-refractivity contribution in [2.75, 3.05) is 26.9 Å². The number of esters is 1. The van der Waals surface area contributed by atoms with E-state index in [1.807, 2.05) is 0 Å². The van der Waals surface area contributed by atoms with Crippen LogP contribution in [0, 0.1) is 5.92 Å². The maximum Gasteiger partial charge on any atom is 0.324 e. The minimum atomic E-state index is -3.81. The molecule has 136 valence electrons. The highest BCUT2D eigenvalue weighted by atomic mass is 32.2. The molecule has 0 saturated heterocycles. The number of amides is 1. The third-order valence-electron chi connectivity index (χ3n) is 2.94. The van der Waals surface area contributed by atoms with Crippen molar-refractivity contribution in [3.8, 4) is 0 Å². The Balaban J connectivity index is 2.61. The second-order valence-electron chi connectivity index (χ2n) is 5.23. The van der Waals surface area contributed by atoms with Gasteiger partial charge >= 0.3 is 5.97 Å². The zero-order valence-corrected chi connectivity index (χ0v) is 15.4. The third-order valence-corrected chi connectivity index (χ3v) is 5.78. The molecule has 2 N–H and O–H groups in total. The molecular formula is C14H22N2O6S2. The monoisotopic (exact) mass is 378 g/mol.